The smallest absolute Gasteiger partial charge is 0.600 e. The third-order valence-electron chi connectivity index (χ3n) is 3.13. The van der Waals surface area contributed by atoms with E-state index >= 15 is 0 Å². The van der Waals surface area contributed by atoms with Crippen molar-refractivity contribution < 1.29 is 30.2 Å². The first-order chi connectivity index (χ1) is 7.97. The van der Waals surface area contributed by atoms with E-state index in [-0.39, 0.29) is 22.9 Å². The van der Waals surface area contributed by atoms with E-state index in [1.54, 1.807) is 12.1 Å². The van der Waals surface area contributed by atoms with Crippen molar-refractivity contribution >= 4 is 20.6 Å². The largest absolute Gasteiger partial charge is 1.00 e. The van der Waals surface area contributed by atoms with Crippen LogP contribution in [0.3, 0.4) is 0 Å². The zero-order chi connectivity index (χ0) is 12.2. The molecule has 1 aromatic heterocycles. The number of hydrogen-bond donors (Lipinski definition) is 0. The fourth-order valence-corrected chi connectivity index (χ4v) is 4.44. The summed E-state index contributed by atoms with van der Waals surface area (Å²) in [5.41, 5.74) is -3.23. The average molecular weight is 337 g/mol. The number of aryl methyl sites for hydroxylation is 1. The standard InChI is InChI=1S/C13H12F3S.BrH/c1-8-2-3-10-7-12(9-4-5-9)17(11(10)6-8)13(14,15)16;/h2-3,6-7,9H,4-5H2,1H3;1H/q+1;/p-1. The van der Waals surface area contributed by atoms with E-state index in [4.69, 9.17) is 0 Å². The Morgan fingerprint density at radius 2 is 1.83 bits per heavy atom. The van der Waals surface area contributed by atoms with E-state index in [2.05, 4.69) is 0 Å². The van der Waals surface area contributed by atoms with Crippen molar-refractivity contribution in [2.24, 2.45) is 0 Å². The van der Waals surface area contributed by atoms with E-state index in [0.29, 0.717) is 9.58 Å². The van der Waals surface area contributed by atoms with E-state index in [0.717, 1.165) is 23.8 Å². The summed E-state index contributed by atoms with van der Waals surface area (Å²) in [6.45, 7) is 1.84. The highest BCUT2D eigenvalue weighted by Crippen LogP contribution is 2.57. The molecule has 0 saturated heterocycles. The molecule has 1 aliphatic carbocycles. The average Bonchev–Trinajstić information content (AvgIpc) is 2.97. The maximum Gasteiger partial charge on any atom is 0.600 e. The zero-order valence-corrected chi connectivity index (χ0v) is 12.1. The van der Waals surface area contributed by atoms with Gasteiger partial charge in [-0.25, -0.2) is 0 Å². The van der Waals surface area contributed by atoms with E-state index in [1.807, 2.05) is 19.1 Å². The molecular weight excluding hydrogens is 325 g/mol. The molecule has 1 aliphatic rings. The SMILES string of the molecule is Cc1ccc2cc(C3CC3)[s+](C(F)(F)F)c2c1.[Br-]. The molecule has 0 spiro atoms. The molecule has 2 aromatic rings. The Bertz CT molecular complexity index is 582. The molecule has 0 nitrogen and oxygen atoms in total. The Balaban J connectivity index is 0.00000120. The number of benzene rings is 1. The normalized spacial score (nSPS) is 16.8. The lowest BCUT2D eigenvalue weighted by molar-refractivity contribution is -0.0867. The molecule has 1 aromatic carbocycles. The van der Waals surface area contributed by atoms with Crippen LogP contribution < -0.4 is 17.0 Å². The van der Waals surface area contributed by atoms with E-state index < -0.39 is 16.0 Å². The van der Waals surface area contributed by atoms with Crippen LogP contribution in [0.5, 0.6) is 0 Å². The number of alkyl halides is 3. The van der Waals surface area contributed by atoms with Gasteiger partial charge < -0.3 is 17.0 Å². The van der Waals surface area contributed by atoms with Crippen LogP contribution in [0.4, 0.5) is 13.2 Å². The summed E-state index contributed by atoms with van der Waals surface area (Å²) < 4.78 is 40.0. The second-order valence-corrected chi connectivity index (χ2v) is 6.60. The van der Waals surface area contributed by atoms with E-state index in [1.165, 1.54) is 0 Å². The molecule has 0 bridgehead atoms. The molecule has 0 N–H and O–H groups in total. The van der Waals surface area contributed by atoms with Crippen LogP contribution in [-0.2, 0) is 5.51 Å². The summed E-state index contributed by atoms with van der Waals surface area (Å²) in [5.74, 6) is 0.174. The molecule has 5 heteroatoms. The first-order valence-electron chi connectivity index (χ1n) is 5.60. The fourth-order valence-electron chi connectivity index (χ4n) is 2.19. The summed E-state index contributed by atoms with van der Waals surface area (Å²) in [6, 6.07) is 7.15. The molecule has 0 radical (unpaired) electrons. The van der Waals surface area contributed by atoms with E-state index in [9.17, 15) is 13.2 Å². The summed E-state index contributed by atoms with van der Waals surface area (Å²) in [7, 11) is -1.67. The lowest BCUT2D eigenvalue weighted by atomic mass is 10.2. The Kier molecular flexibility index (Phi) is 3.49. The third-order valence-corrected chi connectivity index (χ3v) is 5.31. The first-order valence-corrected chi connectivity index (χ1v) is 6.82. The Morgan fingerprint density at radius 3 is 2.39 bits per heavy atom. The lowest BCUT2D eigenvalue weighted by Crippen LogP contribution is -3.00. The van der Waals surface area contributed by atoms with Gasteiger partial charge in [0.2, 0.25) is 0 Å². The second kappa shape index (κ2) is 4.53. The van der Waals surface area contributed by atoms with Crippen LogP contribution in [0.2, 0.25) is 0 Å². The van der Waals surface area contributed by atoms with Crippen LogP contribution in [0.25, 0.3) is 10.1 Å². The van der Waals surface area contributed by atoms with Crippen molar-refractivity contribution in [1.29, 1.82) is 0 Å². The predicted molar refractivity (Wildman–Crippen MR) is 64.4 cm³/mol. The van der Waals surface area contributed by atoms with Gasteiger partial charge in [0.1, 0.15) is 0 Å². The molecule has 0 aliphatic heterocycles. The minimum absolute atomic E-state index is 0. The quantitative estimate of drug-likeness (QED) is 0.701. The minimum atomic E-state index is -4.13. The van der Waals surface area contributed by atoms with Crippen LogP contribution in [0, 0.1) is 6.92 Å². The van der Waals surface area contributed by atoms with Crippen molar-refractivity contribution in [1.82, 2.24) is 0 Å². The topological polar surface area (TPSA) is 0 Å². The first kappa shape index (κ1) is 13.9. The van der Waals surface area contributed by atoms with Gasteiger partial charge in [0.15, 0.2) is 9.58 Å². The number of halogens is 4. The molecule has 1 fully saturated rings. The number of hydrogen-bond acceptors (Lipinski definition) is 0. The van der Waals surface area contributed by atoms with Gasteiger partial charge in [0.25, 0.3) is 0 Å². The minimum Gasteiger partial charge on any atom is -1.00 e. The molecule has 98 valence electrons. The van der Waals surface area contributed by atoms with Gasteiger partial charge in [-0.2, -0.15) is 0 Å². The summed E-state index contributed by atoms with van der Waals surface area (Å²) in [5, 5.41) is 0.762. The van der Waals surface area contributed by atoms with Crippen molar-refractivity contribution in [3.05, 3.63) is 34.7 Å². The maximum absolute atomic E-state index is 13.2. The predicted octanol–water partition coefficient (Wildman–Crippen LogP) is 2.26. The Hall–Kier alpha value is -0.550. The van der Waals surface area contributed by atoms with Crippen LogP contribution >= 0.6 is 10.5 Å². The van der Waals surface area contributed by atoms with Gasteiger partial charge in [0, 0.05) is 23.4 Å². The summed E-state index contributed by atoms with van der Waals surface area (Å²) >= 11 is 0. The van der Waals surface area contributed by atoms with Crippen molar-refractivity contribution in [2.75, 3.05) is 0 Å². The molecular formula is C13H12BrF3S. The number of thiophene rings is 1. The van der Waals surface area contributed by atoms with Gasteiger partial charge in [0.05, 0.1) is 10.5 Å². The summed E-state index contributed by atoms with van der Waals surface area (Å²) in [4.78, 5) is 0.609. The lowest BCUT2D eigenvalue weighted by Gasteiger charge is -1.99. The molecule has 18 heavy (non-hydrogen) atoms. The van der Waals surface area contributed by atoms with Crippen LogP contribution in [0.1, 0.15) is 29.2 Å². The number of fused-ring (bicyclic) bond motifs is 1. The third kappa shape index (κ3) is 2.30. The van der Waals surface area contributed by atoms with Crippen molar-refractivity contribution in [2.45, 2.75) is 31.2 Å². The zero-order valence-electron chi connectivity index (χ0n) is 9.72. The van der Waals surface area contributed by atoms with Gasteiger partial charge in [-0.3, -0.25) is 0 Å². The Morgan fingerprint density at radius 1 is 1.17 bits per heavy atom. The van der Waals surface area contributed by atoms with Crippen LogP contribution in [0.15, 0.2) is 24.3 Å². The van der Waals surface area contributed by atoms with Gasteiger partial charge >= 0.3 is 5.51 Å². The fraction of sp³-hybridized carbons (Fsp3) is 0.385. The van der Waals surface area contributed by atoms with Crippen molar-refractivity contribution in [3.63, 3.8) is 0 Å². The van der Waals surface area contributed by atoms with Crippen LogP contribution in [-0.4, -0.2) is 0 Å². The highest BCUT2D eigenvalue weighted by Gasteiger charge is 2.51. The second-order valence-electron chi connectivity index (χ2n) is 4.61. The molecule has 1 unspecified atom stereocenters. The monoisotopic (exact) mass is 336 g/mol. The molecule has 1 heterocycles. The molecule has 1 atom stereocenters. The number of rotatable bonds is 1. The van der Waals surface area contributed by atoms with Gasteiger partial charge in [-0.05, 0) is 31.4 Å². The highest BCUT2D eigenvalue weighted by molar-refractivity contribution is 7.38. The molecule has 1 saturated carbocycles. The van der Waals surface area contributed by atoms with Gasteiger partial charge in [-0.1, -0.05) is 6.07 Å². The van der Waals surface area contributed by atoms with Gasteiger partial charge in [-0.15, -0.1) is 13.2 Å². The summed E-state index contributed by atoms with van der Waals surface area (Å²) in [6.07, 6.45) is 1.83. The molecule has 3 rings (SSSR count). The van der Waals surface area contributed by atoms with Crippen molar-refractivity contribution in [3.8, 4) is 0 Å². The highest BCUT2D eigenvalue weighted by atomic mass is 79.9. The Labute approximate surface area is 117 Å². The molecule has 0 amide bonds. The maximum atomic E-state index is 13.2.